The SMILES string of the molecule is CCOCc1nc(N)cc(-c2cc(OC)cc(OC)c2)n1. The minimum absolute atomic E-state index is 0.329. The van der Waals surface area contributed by atoms with Crippen molar-refractivity contribution in [1.29, 1.82) is 0 Å². The van der Waals surface area contributed by atoms with E-state index in [0.717, 1.165) is 5.56 Å². The average Bonchev–Trinajstić information content (AvgIpc) is 2.51. The highest BCUT2D eigenvalue weighted by Crippen LogP contribution is 2.29. The van der Waals surface area contributed by atoms with Crippen molar-refractivity contribution in [3.8, 4) is 22.8 Å². The standard InChI is InChI=1S/C15H19N3O3/c1-4-21-9-15-17-13(8-14(16)18-15)10-5-11(19-2)7-12(6-10)20-3/h5-8H,4,9H2,1-3H3,(H2,16,17,18). The van der Waals surface area contributed by atoms with Crippen molar-refractivity contribution in [2.45, 2.75) is 13.5 Å². The molecule has 2 N–H and O–H groups in total. The van der Waals surface area contributed by atoms with Crippen molar-refractivity contribution in [2.75, 3.05) is 26.6 Å². The zero-order valence-electron chi connectivity index (χ0n) is 12.4. The summed E-state index contributed by atoms with van der Waals surface area (Å²) in [4.78, 5) is 8.63. The monoisotopic (exact) mass is 289 g/mol. The highest BCUT2D eigenvalue weighted by Gasteiger charge is 2.09. The minimum Gasteiger partial charge on any atom is -0.497 e. The Morgan fingerprint density at radius 2 is 1.67 bits per heavy atom. The fourth-order valence-corrected chi connectivity index (χ4v) is 1.88. The van der Waals surface area contributed by atoms with Gasteiger partial charge in [0.1, 0.15) is 23.9 Å². The summed E-state index contributed by atoms with van der Waals surface area (Å²) >= 11 is 0. The molecule has 0 atom stereocenters. The van der Waals surface area contributed by atoms with Gasteiger partial charge in [0.15, 0.2) is 5.82 Å². The first-order chi connectivity index (χ1) is 10.2. The van der Waals surface area contributed by atoms with Crippen LogP contribution in [0.15, 0.2) is 24.3 Å². The molecule has 0 saturated heterocycles. The Bertz CT molecular complexity index is 595. The number of nitrogens with zero attached hydrogens (tertiary/aromatic N) is 2. The second-order valence-electron chi connectivity index (χ2n) is 4.33. The van der Waals surface area contributed by atoms with E-state index in [9.17, 15) is 0 Å². The molecule has 0 spiro atoms. The van der Waals surface area contributed by atoms with Gasteiger partial charge >= 0.3 is 0 Å². The van der Waals surface area contributed by atoms with Gasteiger partial charge in [-0.25, -0.2) is 9.97 Å². The zero-order chi connectivity index (χ0) is 15.2. The van der Waals surface area contributed by atoms with E-state index in [1.807, 2.05) is 19.1 Å². The topological polar surface area (TPSA) is 79.5 Å². The van der Waals surface area contributed by atoms with Crippen molar-refractivity contribution in [3.63, 3.8) is 0 Å². The fourth-order valence-electron chi connectivity index (χ4n) is 1.88. The third-order valence-corrected chi connectivity index (χ3v) is 2.87. The molecule has 6 heteroatoms. The number of rotatable bonds is 6. The normalized spacial score (nSPS) is 10.4. The van der Waals surface area contributed by atoms with Gasteiger partial charge in [-0.05, 0) is 19.1 Å². The summed E-state index contributed by atoms with van der Waals surface area (Å²) in [5, 5.41) is 0. The Morgan fingerprint density at radius 1 is 1.00 bits per heavy atom. The molecule has 1 aromatic heterocycles. The van der Waals surface area contributed by atoms with Gasteiger partial charge in [0.2, 0.25) is 0 Å². The molecule has 0 amide bonds. The number of nitrogens with two attached hydrogens (primary N) is 1. The van der Waals surface area contributed by atoms with Gasteiger partial charge in [0.25, 0.3) is 0 Å². The van der Waals surface area contributed by atoms with E-state index in [-0.39, 0.29) is 0 Å². The van der Waals surface area contributed by atoms with Gasteiger partial charge in [-0.2, -0.15) is 0 Å². The van der Waals surface area contributed by atoms with Crippen LogP contribution in [0.4, 0.5) is 5.82 Å². The Kier molecular flexibility index (Phi) is 4.94. The Hall–Kier alpha value is -2.34. The van der Waals surface area contributed by atoms with E-state index >= 15 is 0 Å². The largest absolute Gasteiger partial charge is 0.497 e. The number of nitrogen functional groups attached to an aromatic ring is 1. The van der Waals surface area contributed by atoms with Gasteiger partial charge in [0, 0.05) is 24.3 Å². The number of benzene rings is 1. The quantitative estimate of drug-likeness (QED) is 0.878. The van der Waals surface area contributed by atoms with E-state index in [2.05, 4.69) is 9.97 Å². The predicted molar refractivity (Wildman–Crippen MR) is 80.3 cm³/mol. The second-order valence-corrected chi connectivity index (χ2v) is 4.33. The Balaban J connectivity index is 2.42. The second kappa shape index (κ2) is 6.90. The van der Waals surface area contributed by atoms with Crippen molar-refractivity contribution in [2.24, 2.45) is 0 Å². The van der Waals surface area contributed by atoms with Gasteiger partial charge in [-0.3, -0.25) is 0 Å². The van der Waals surface area contributed by atoms with E-state index in [1.54, 1.807) is 26.4 Å². The third-order valence-electron chi connectivity index (χ3n) is 2.87. The van der Waals surface area contributed by atoms with Crippen molar-refractivity contribution < 1.29 is 14.2 Å². The van der Waals surface area contributed by atoms with E-state index in [0.29, 0.717) is 42.0 Å². The minimum atomic E-state index is 0.329. The molecule has 0 bridgehead atoms. The van der Waals surface area contributed by atoms with Crippen molar-refractivity contribution in [1.82, 2.24) is 9.97 Å². The number of anilines is 1. The van der Waals surface area contributed by atoms with Crippen LogP contribution < -0.4 is 15.2 Å². The predicted octanol–water partition coefficient (Wildman–Crippen LogP) is 2.28. The average molecular weight is 289 g/mol. The zero-order valence-corrected chi connectivity index (χ0v) is 12.4. The molecule has 2 rings (SSSR count). The lowest BCUT2D eigenvalue weighted by Gasteiger charge is -2.10. The van der Waals surface area contributed by atoms with Crippen LogP contribution in [0.2, 0.25) is 0 Å². The van der Waals surface area contributed by atoms with Crippen LogP contribution in [0.1, 0.15) is 12.7 Å². The number of aromatic nitrogens is 2. The van der Waals surface area contributed by atoms with E-state index in [1.165, 1.54) is 0 Å². The van der Waals surface area contributed by atoms with E-state index in [4.69, 9.17) is 19.9 Å². The first-order valence-electron chi connectivity index (χ1n) is 6.61. The number of hydrogen-bond acceptors (Lipinski definition) is 6. The summed E-state index contributed by atoms with van der Waals surface area (Å²) in [5.74, 6) is 2.32. The van der Waals surface area contributed by atoms with Gasteiger partial charge in [-0.15, -0.1) is 0 Å². The van der Waals surface area contributed by atoms with Crippen LogP contribution in [-0.2, 0) is 11.3 Å². The van der Waals surface area contributed by atoms with E-state index < -0.39 is 0 Å². The van der Waals surface area contributed by atoms with Crippen LogP contribution in [0.5, 0.6) is 11.5 Å². The van der Waals surface area contributed by atoms with Gasteiger partial charge in [-0.1, -0.05) is 0 Å². The molecule has 112 valence electrons. The lowest BCUT2D eigenvalue weighted by Crippen LogP contribution is -2.03. The Morgan fingerprint density at radius 3 is 2.24 bits per heavy atom. The first-order valence-corrected chi connectivity index (χ1v) is 6.61. The third kappa shape index (κ3) is 3.82. The summed E-state index contributed by atoms with van der Waals surface area (Å²) in [6.45, 7) is 2.84. The molecule has 21 heavy (non-hydrogen) atoms. The molecular weight excluding hydrogens is 270 g/mol. The van der Waals surface area contributed by atoms with Crippen molar-refractivity contribution >= 4 is 5.82 Å². The van der Waals surface area contributed by atoms with Gasteiger partial charge in [0.05, 0.1) is 19.9 Å². The highest BCUT2D eigenvalue weighted by atomic mass is 16.5. The lowest BCUT2D eigenvalue weighted by atomic mass is 10.1. The van der Waals surface area contributed by atoms with Crippen LogP contribution in [0, 0.1) is 0 Å². The molecule has 0 fully saturated rings. The molecule has 0 radical (unpaired) electrons. The molecular formula is C15H19N3O3. The summed E-state index contributed by atoms with van der Waals surface area (Å²) in [5.41, 5.74) is 7.39. The maximum absolute atomic E-state index is 5.84. The maximum Gasteiger partial charge on any atom is 0.157 e. The molecule has 6 nitrogen and oxygen atoms in total. The Labute approximate surface area is 123 Å². The van der Waals surface area contributed by atoms with Crippen LogP contribution in [0.3, 0.4) is 0 Å². The highest BCUT2D eigenvalue weighted by molar-refractivity contribution is 5.65. The van der Waals surface area contributed by atoms with Crippen LogP contribution in [-0.4, -0.2) is 30.8 Å². The van der Waals surface area contributed by atoms with Crippen molar-refractivity contribution in [3.05, 3.63) is 30.1 Å². The molecule has 0 aliphatic carbocycles. The molecule has 0 unspecified atom stereocenters. The molecule has 1 aromatic carbocycles. The van der Waals surface area contributed by atoms with Crippen LogP contribution >= 0.6 is 0 Å². The first kappa shape index (κ1) is 15.1. The van der Waals surface area contributed by atoms with Crippen LogP contribution in [0.25, 0.3) is 11.3 Å². The summed E-state index contributed by atoms with van der Waals surface area (Å²) in [7, 11) is 3.21. The number of hydrogen-bond donors (Lipinski definition) is 1. The molecule has 2 aromatic rings. The summed E-state index contributed by atoms with van der Waals surface area (Å²) in [6.07, 6.45) is 0. The molecule has 0 aliphatic rings. The fraction of sp³-hybridized carbons (Fsp3) is 0.333. The molecule has 0 saturated carbocycles. The summed E-state index contributed by atoms with van der Waals surface area (Å²) in [6, 6.07) is 7.25. The summed E-state index contributed by atoms with van der Waals surface area (Å²) < 4.78 is 15.9. The lowest BCUT2D eigenvalue weighted by molar-refractivity contribution is 0.128. The molecule has 1 heterocycles. The van der Waals surface area contributed by atoms with Gasteiger partial charge < -0.3 is 19.9 Å². The number of methoxy groups -OCH3 is 2. The number of ether oxygens (including phenoxy) is 3. The smallest absolute Gasteiger partial charge is 0.157 e. The molecule has 0 aliphatic heterocycles. The maximum atomic E-state index is 5.84.